The van der Waals surface area contributed by atoms with Crippen LogP contribution in [0.4, 0.5) is 5.69 Å². The summed E-state index contributed by atoms with van der Waals surface area (Å²) in [4.78, 5) is 31.7. The van der Waals surface area contributed by atoms with Crippen LogP contribution in [-0.4, -0.2) is 38.4 Å². The third-order valence-electron chi connectivity index (χ3n) is 5.55. The van der Waals surface area contributed by atoms with Crippen LogP contribution in [0.25, 0.3) is 11.4 Å². The molecule has 1 fully saturated rings. The predicted octanol–water partition coefficient (Wildman–Crippen LogP) is 3.89. The second-order valence-electron chi connectivity index (χ2n) is 8.39. The molecular formula is C24H27N5O2. The van der Waals surface area contributed by atoms with Crippen molar-refractivity contribution in [3.63, 3.8) is 0 Å². The zero-order valence-electron chi connectivity index (χ0n) is 18.1. The summed E-state index contributed by atoms with van der Waals surface area (Å²) in [6, 6.07) is 15.6. The third-order valence-corrected chi connectivity index (χ3v) is 5.55. The summed E-state index contributed by atoms with van der Waals surface area (Å²) >= 11 is 0. The minimum absolute atomic E-state index is 0.00422. The first-order valence-electron chi connectivity index (χ1n) is 10.6. The van der Waals surface area contributed by atoms with Gasteiger partial charge in [-0.2, -0.15) is 5.10 Å². The number of aromatic nitrogens is 3. The number of anilines is 1. The Hall–Kier alpha value is -3.48. The smallest absolute Gasteiger partial charge is 0.229 e. The van der Waals surface area contributed by atoms with Gasteiger partial charge in [-0.1, -0.05) is 55.8 Å². The molecule has 0 radical (unpaired) electrons. The van der Waals surface area contributed by atoms with Gasteiger partial charge in [-0.05, 0) is 24.6 Å². The Morgan fingerprint density at radius 2 is 1.94 bits per heavy atom. The lowest BCUT2D eigenvalue weighted by atomic mass is 10.1. The first-order chi connectivity index (χ1) is 14.9. The van der Waals surface area contributed by atoms with Gasteiger partial charge in [0.05, 0.1) is 11.6 Å². The fourth-order valence-corrected chi connectivity index (χ4v) is 3.69. The number of H-pyrrole nitrogens is 1. The van der Waals surface area contributed by atoms with E-state index >= 15 is 0 Å². The van der Waals surface area contributed by atoms with Crippen LogP contribution < -0.4 is 5.32 Å². The fraction of sp³-hybridized carbons (Fsp3) is 0.333. The normalized spacial score (nSPS) is 16.2. The van der Waals surface area contributed by atoms with Crippen molar-refractivity contribution in [2.75, 3.05) is 11.9 Å². The molecule has 4 rings (SSSR count). The topological polar surface area (TPSA) is 91.0 Å². The molecule has 1 aliphatic rings. The van der Waals surface area contributed by atoms with E-state index in [2.05, 4.69) is 20.5 Å². The molecule has 2 aromatic carbocycles. The van der Waals surface area contributed by atoms with Gasteiger partial charge >= 0.3 is 0 Å². The first kappa shape index (κ1) is 20.8. The number of benzene rings is 2. The van der Waals surface area contributed by atoms with Gasteiger partial charge < -0.3 is 10.2 Å². The van der Waals surface area contributed by atoms with Gasteiger partial charge in [-0.3, -0.25) is 14.7 Å². The number of likely N-dealkylation sites (tertiary alicyclic amines) is 1. The quantitative estimate of drug-likeness (QED) is 0.637. The Labute approximate surface area is 181 Å². The fourth-order valence-electron chi connectivity index (χ4n) is 3.69. The average Bonchev–Trinajstić information content (AvgIpc) is 3.38. The van der Waals surface area contributed by atoms with Crippen LogP contribution in [0, 0.1) is 12.8 Å². The standard InChI is InChI=1S/C24H27N5O2/c1-15(2)22-26-23(28-27-22)19-6-4-5-7-20(19)25-24(31)18-12-21(30)29(14-18)13-17-10-8-16(3)9-11-17/h4-11,15,18H,12-14H2,1-3H3,(H,25,31)(H,26,27,28). The van der Waals surface area contributed by atoms with Gasteiger partial charge in [0.1, 0.15) is 5.82 Å². The SMILES string of the molecule is Cc1ccc(CN2CC(C(=O)Nc3ccccc3-c3n[nH]c(C(C)C)n3)CC2=O)cc1. The molecule has 1 unspecified atom stereocenters. The molecule has 1 saturated heterocycles. The molecule has 0 bridgehead atoms. The van der Waals surface area contributed by atoms with E-state index in [1.54, 1.807) is 4.90 Å². The van der Waals surface area contributed by atoms with Crippen LogP contribution in [0.2, 0.25) is 0 Å². The largest absolute Gasteiger partial charge is 0.338 e. The number of nitrogens with zero attached hydrogens (tertiary/aromatic N) is 3. The molecule has 3 aromatic rings. The van der Waals surface area contributed by atoms with Crippen molar-refractivity contribution in [2.45, 2.75) is 39.7 Å². The van der Waals surface area contributed by atoms with E-state index in [0.29, 0.717) is 24.6 Å². The van der Waals surface area contributed by atoms with Crippen molar-refractivity contribution in [2.24, 2.45) is 5.92 Å². The lowest BCUT2D eigenvalue weighted by Gasteiger charge is -2.17. The minimum atomic E-state index is -0.385. The summed E-state index contributed by atoms with van der Waals surface area (Å²) in [7, 11) is 0. The average molecular weight is 418 g/mol. The van der Waals surface area contributed by atoms with Gasteiger partial charge in [0.15, 0.2) is 5.82 Å². The van der Waals surface area contributed by atoms with E-state index in [4.69, 9.17) is 0 Å². The molecule has 2 heterocycles. The number of carbonyl (C=O) groups excluding carboxylic acids is 2. The Morgan fingerprint density at radius 3 is 2.65 bits per heavy atom. The zero-order valence-corrected chi connectivity index (χ0v) is 18.1. The Morgan fingerprint density at radius 1 is 1.19 bits per heavy atom. The second kappa shape index (κ2) is 8.71. The zero-order chi connectivity index (χ0) is 22.0. The van der Waals surface area contributed by atoms with Crippen LogP contribution in [0.5, 0.6) is 0 Å². The summed E-state index contributed by atoms with van der Waals surface area (Å²) in [5.74, 6) is 1.03. The van der Waals surface area contributed by atoms with Crippen LogP contribution in [-0.2, 0) is 16.1 Å². The van der Waals surface area contributed by atoms with Crippen molar-refractivity contribution in [3.8, 4) is 11.4 Å². The number of nitrogens with one attached hydrogen (secondary N) is 2. The highest BCUT2D eigenvalue weighted by Crippen LogP contribution is 2.28. The second-order valence-corrected chi connectivity index (χ2v) is 8.39. The number of para-hydroxylation sites is 1. The highest BCUT2D eigenvalue weighted by Gasteiger charge is 2.34. The molecule has 1 aliphatic heterocycles. The number of carbonyl (C=O) groups is 2. The van der Waals surface area contributed by atoms with Crippen LogP contribution in [0.1, 0.15) is 43.1 Å². The maximum absolute atomic E-state index is 13.0. The number of rotatable bonds is 6. The number of hydrogen-bond donors (Lipinski definition) is 2. The number of aromatic amines is 1. The van der Waals surface area contributed by atoms with Crippen molar-refractivity contribution >= 4 is 17.5 Å². The molecule has 31 heavy (non-hydrogen) atoms. The van der Waals surface area contributed by atoms with Crippen LogP contribution >= 0.6 is 0 Å². The van der Waals surface area contributed by atoms with Crippen molar-refractivity contribution in [1.82, 2.24) is 20.1 Å². The van der Waals surface area contributed by atoms with Crippen molar-refractivity contribution in [3.05, 3.63) is 65.5 Å². The molecule has 0 saturated carbocycles. The first-order valence-corrected chi connectivity index (χ1v) is 10.6. The summed E-state index contributed by atoms with van der Waals surface area (Å²) in [5, 5.41) is 10.2. The van der Waals surface area contributed by atoms with Gasteiger partial charge in [0.25, 0.3) is 0 Å². The summed E-state index contributed by atoms with van der Waals surface area (Å²) in [6.07, 6.45) is 0.220. The minimum Gasteiger partial charge on any atom is -0.338 e. The maximum atomic E-state index is 13.0. The molecule has 7 nitrogen and oxygen atoms in total. The number of amides is 2. The predicted molar refractivity (Wildman–Crippen MR) is 119 cm³/mol. The van der Waals surface area contributed by atoms with Gasteiger partial charge in [0, 0.05) is 31.0 Å². The summed E-state index contributed by atoms with van der Waals surface area (Å²) < 4.78 is 0. The molecule has 2 amide bonds. The van der Waals surface area contributed by atoms with E-state index in [-0.39, 0.29) is 30.1 Å². The molecular weight excluding hydrogens is 390 g/mol. The van der Waals surface area contributed by atoms with Gasteiger partial charge in [-0.25, -0.2) is 4.98 Å². The van der Waals surface area contributed by atoms with Crippen molar-refractivity contribution in [1.29, 1.82) is 0 Å². The van der Waals surface area contributed by atoms with E-state index in [1.807, 2.05) is 69.3 Å². The monoisotopic (exact) mass is 417 g/mol. The lowest BCUT2D eigenvalue weighted by molar-refractivity contribution is -0.128. The molecule has 1 atom stereocenters. The van der Waals surface area contributed by atoms with Gasteiger partial charge in [0.2, 0.25) is 11.8 Å². The molecule has 1 aromatic heterocycles. The highest BCUT2D eigenvalue weighted by atomic mass is 16.2. The Bertz CT molecular complexity index is 1090. The summed E-state index contributed by atoms with van der Waals surface area (Å²) in [5.41, 5.74) is 3.64. The van der Waals surface area contributed by atoms with E-state index < -0.39 is 0 Å². The molecule has 2 N–H and O–H groups in total. The highest BCUT2D eigenvalue weighted by molar-refractivity contribution is 5.99. The Kier molecular flexibility index (Phi) is 5.84. The van der Waals surface area contributed by atoms with E-state index in [9.17, 15) is 9.59 Å². The molecule has 7 heteroatoms. The summed E-state index contributed by atoms with van der Waals surface area (Å²) in [6.45, 7) is 7.05. The lowest BCUT2D eigenvalue weighted by Crippen LogP contribution is -2.28. The third kappa shape index (κ3) is 4.66. The van der Waals surface area contributed by atoms with Crippen LogP contribution in [0.3, 0.4) is 0 Å². The number of hydrogen-bond acceptors (Lipinski definition) is 4. The van der Waals surface area contributed by atoms with E-state index in [0.717, 1.165) is 17.0 Å². The van der Waals surface area contributed by atoms with E-state index in [1.165, 1.54) is 5.56 Å². The number of aryl methyl sites for hydroxylation is 1. The van der Waals surface area contributed by atoms with Crippen molar-refractivity contribution < 1.29 is 9.59 Å². The maximum Gasteiger partial charge on any atom is 0.229 e. The molecule has 0 aliphatic carbocycles. The Balaban J connectivity index is 1.45. The molecule has 160 valence electrons. The molecule has 0 spiro atoms. The van der Waals surface area contributed by atoms with Crippen LogP contribution in [0.15, 0.2) is 48.5 Å². The van der Waals surface area contributed by atoms with Gasteiger partial charge in [-0.15, -0.1) is 0 Å².